The number of rotatable bonds is 6. The average molecular weight is 424 g/mol. The van der Waals surface area contributed by atoms with E-state index in [1.54, 1.807) is 18.5 Å². The van der Waals surface area contributed by atoms with E-state index in [0.717, 1.165) is 22.0 Å². The third-order valence-electron chi connectivity index (χ3n) is 4.88. The van der Waals surface area contributed by atoms with E-state index in [-0.39, 0.29) is 0 Å². The summed E-state index contributed by atoms with van der Waals surface area (Å²) in [5, 5.41) is 12.5. The number of pyridine rings is 1. The van der Waals surface area contributed by atoms with Crippen LogP contribution in [0.3, 0.4) is 0 Å². The smallest absolute Gasteiger partial charge is 0.328 e. The molecule has 0 fully saturated rings. The van der Waals surface area contributed by atoms with Crippen molar-refractivity contribution in [2.75, 3.05) is 0 Å². The summed E-state index contributed by atoms with van der Waals surface area (Å²) in [5.74, 6) is -1.01. The fourth-order valence-electron chi connectivity index (χ4n) is 3.49. The second-order valence-corrected chi connectivity index (χ2v) is 9.87. The molecule has 0 bridgehead atoms. The molecule has 31 heavy (non-hydrogen) atoms. The summed E-state index contributed by atoms with van der Waals surface area (Å²) in [7, 11) is -2.43. The van der Waals surface area contributed by atoms with Crippen molar-refractivity contribution in [2.24, 2.45) is 4.74 Å². The number of aliphatic carboxylic acids is 1. The van der Waals surface area contributed by atoms with Gasteiger partial charge in [0, 0.05) is 39.9 Å². The molecule has 0 radical (unpaired) electrons. The SMILES string of the molecule is O=C(O)C=Cc1cnccc1N=P(c1ccccc1)(c1ccccc1)c1ccccc1. The Hall–Kier alpha value is -3.75. The van der Waals surface area contributed by atoms with E-state index < -0.39 is 13.0 Å². The first kappa shape index (κ1) is 20.5. The Morgan fingerprint density at radius 3 is 1.71 bits per heavy atom. The second-order valence-electron chi connectivity index (χ2n) is 6.85. The predicted octanol–water partition coefficient (Wildman–Crippen LogP) is 4.99. The largest absolute Gasteiger partial charge is 0.478 e. The van der Waals surface area contributed by atoms with Crippen LogP contribution in [0.15, 0.2) is 120 Å². The molecule has 152 valence electrons. The van der Waals surface area contributed by atoms with E-state index in [9.17, 15) is 4.79 Å². The lowest BCUT2D eigenvalue weighted by atomic mass is 10.2. The molecule has 0 aliphatic heterocycles. The topological polar surface area (TPSA) is 62.5 Å². The first-order valence-corrected chi connectivity index (χ1v) is 11.6. The summed E-state index contributed by atoms with van der Waals surface area (Å²) in [6.45, 7) is 0. The normalized spacial score (nSPS) is 11.4. The lowest BCUT2D eigenvalue weighted by Crippen LogP contribution is -2.25. The van der Waals surface area contributed by atoms with Gasteiger partial charge in [0.1, 0.15) is 0 Å². The third-order valence-corrected chi connectivity index (χ3v) is 8.53. The van der Waals surface area contributed by atoms with Crippen LogP contribution in [0.1, 0.15) is 5.56 Å². The van der Waals surface area contributed by atoms with Crippen LogP contribution < -0.4 is 15.9 Å². The molecule has 0 saturated heterocycles. The molecular formula is C26H21N2O2P. The van der Waals surface area contributed by atoms with Gasteiger partial charge in [-0.25, -0.2) is 4.79 Å². The maximum atomic E-state index is 11.1. The van der Waals surface area contributed by atoms with Gasteiger partial charge in [-0.15, -0.1) is 0 Å². The van der Waals surface area contributed by atoms with Crippen molar-refractivity contribution in [1.82, 2.24) is 4.98 Å². The van der Waals surface area contributed by atoms with Crippen molar-refractivity contribution in [1.29, 1.82) is 0 Å². The quantitative estimate of drug-likeness (QED) is 0.350. The molecule has 4 nitrogen and oxygen atoms in total. The third kappa shape index (κ3) is 4.40. The lowest BCUT2D eigenvalue weighted by Gasteiger charge is -2.27. The number of carboxylic acids is 1. The molecule has 4 aromatic rings. The van der Waals surface area contributed by atoms with E-state index in [1.165, 1.54) is 0 Å². The minimum absolute atomic E-state index is 0.664. The van der Waals surface area contributed by atoms with Crippen LogP contribution >= 0.6 is 7.05 Å². The summed E-state index contributed by atoms with van der Waals surface area (Å²) >= 11 is 0. The minimum atomic E-state index is -2.43. The number of carboxylic acid groups (broad SMARTS) is 1. The molecule has 0 amide bonds. The van der Waals surface area contributed by atoms with Crippen LogP contribution in [0.2, 0.25) is 0 Å². The standard InChI is InChI=1S/C26H21N2O2P/c29-26(30)17-16-21-20-27-19-18-25(21)28-31(22-10-4-1-5-11-22,23-12-6-2-7-13-23)24-14-8-3-9-15-24/h1-20H,(H,29,30). The van der Waals surface area contributed by atoms with Crippen molar-refractivity contribution in [3.05, 3.63) is 121 Å². The maximum absolute atomic E-state index is 11.1. The number of benzene rings is 3. The van der Waals surface area contributed by atoms with Gasteiger partial charge in [-0.1, -0.05) is 91.0 Å². The molecule has 4 rings (SSSR count). The Labute approximate surface area is 181 Å². The van der Waals surface area contributed by atoms with Crippen LogP contribution in [0, 0.1) is 0 Å². The Bertz CT molecular complexity index is 1150. The molecule has 3 aromatic carbocycles. The summed E-state index contributed by atoms with van der Waals surface area (Å²) in [5.41, 5.74) is 1.37. The van der Waals surface area contributed by atoms with Crippen LogP contribution in [0.25, 0.3) is 6.08 Å². The van der Waals surface area contributed by atoms with Crippen LogP contribution in [-0.4, -0.2) is 16.1 Å². The maximum Gasteiger partial charge on any atom is 0.328 e. The molecule has 1 heterocycles. The van der Waals surface area contributed by atoms with E-state index in [0.29, 0.717) is 11.3 Å². The highest BCUT2D eigenvalue weighted by Crippen LogP contribution is 2.49. The van der Waals surface area contributed by atoms with Gasteiger partial charge in [0.25, 0.3) is 0 Å². The van der Waals surface area contributed by atoms with E-state index in [2.05, 4.69) is 41.4 Å². The molecule has 0 aliphatic carbocycles. The fourth-order valence-corrected chi connectivity index (χ4v) is 7.05. The number of hydrogen-bond acceptors (Lipinski definition) is 3. The Morgan fingerprint density at radius 2 is 1.26 bits per heavy atom. The fraction of sp³-hybridized carbons (Fsp3) is 0. The van der Waals surface area contributed by atoms with Gasteiger partial charge >= 0.3 is 5.97 Å². The summed E-state index contributed by atoms with van der Waals surface area (Å²) < 4.78 is 5.41. The van der Waals surface area contributed by atoms with Gasteiger partial charge in [-0.2, -0.15) is 0 Å². The molecule has 5 heteroatoms. The summed E-state index contributed by atoms with van der Waals surface area (Å²) in [6.07, 6.45) is 5.99. The molecule has 0 saturated carbocycles. The van der Waals surface area contributed by atoms with Crippen LogP contribution in [0.5, 0.6) is 0 Å². The van der Waals surface area contributed by atoms with Gasteiger partial charge in [-0.3, -0.25) is 9.73 Å². The van der Waals surface area contributed by atoms with Crippen molar-refractivity contribution >= 4 is 40.7 Å². The Balaban J connectivity index is 2.11. The van der Waals surface area contributed by atoms with Gasteiger partial charge in [0.15, 0.2) is 0 Å². The van der Waals surface area contributed by atoms with Gasteiger partial charge in [0.05, 0.1) is 12.7 Å². The van der Waals surface area contributed by atoms with E-state index >= 15 is 0 Å². The van der Waals surface area contributed by atoms with E-state index in [4.69, 9.17) is 9.85 Å². The molecule has 1 aromatic heterocycles. The Kier molecular flexibility index (Phi) is 6.21. The lowest BCUT2D eigenvalue weighted by molar-refractivity contribution is -0.131. The highest BCUT2D eigenvalue weighted by atomic mass is 31.2. The van der Waals surface area contributed by atoms with Crippen molar-refractivity contribution in [2.45, 2.75) is 0 Å². The first-order chi connectivity index (χ1) is 15.2. The molecule has 0 spiro atoms. The zero-order valence-electron chi connectivity index (χ0n) is 16.7. The zero-order chi connectivity index (χ0) is 21.5. The summed E-state index contributed by atoms with van der Waals surface area (Å²) in [4.78, 5) is 15.3. The van der Waals surface area contributed by atoms with Crippen molar-refractivity contribution in [3.63, 3.8) is 0 Å². The van der Waals surface area contributed by atoms with Crippen molar-refractivity contribution < 1.29 is 9.90 Å². The number of carbonyl (C=O) groups is 1. The summed E-state index contributed by atoms with van der Waals surface area (Å²) in [6, 6.07) is 32.7. The van der Waals surface area contributed by atoms with Crippen molar-refractivity contribution in [3.8, 4) is 0 Å². The van der Waals surface area contributed by atoms with Gasteiger partial charge in [-0.05, 0) is 12.1 Å². The van der Waals surface area contributed by atoms with Gasteiger partial charge in [0.2, 0.25) is 0 Å². The molecule has 0 unspecified atom stereocenters. The second kappa shape index (κ2) is 9.38. The zero-order valence-corrected chi connectivity index (χ0v) is 17.6. The van der Waals surface area contributed by atoms with E-state index in [1.807, 2.05) is 60.7 Å². The minimum Gasteiger partial charge on any atom is -0.478 e. The first-order valence-electron chi connectivity index (χ1n) is 9.84. The Morgan fingerprint density at radius 1 is 0.774 bits per heavy atom. The molecule has 0 aliphatic rings. The predicted molar refractivity (Wildman–Crippen MR) is 128 cm³/mol. The highest BCUT2D eigenvalue weighted by Gasteiger charge is 2.27. The van der Waals surface area contributed by atoms with Crippen LogP contribution in [0.4, 0.5) is 5.69 Å². The molecule has 0 atom stereocenters. The average Bonchev–Trinajstić information content (AvgIpc) is 2.83. The number of hydrogen-bond donors (Lipinski definition) is 1. The van der Waals surface area contributed by atoms with Gasteiger partial charge < -0.3 is 5.11 Å². The molecule has 1 N–H and O–H groups in total. The monoisotopic (exact) mass is 424 g/mol. The molecular weight excluding hydrogens is 403 g/mol. The number of aromatic nitrogens is 1. The van der Waals surface area contributed by atoms with Crippen LogP contribution in [-0.2, 0) is 4.79 Å². The highest BCUT2D eigenvalue weighted by molar-refractivity contribution is 7.87. The number of nitrogens with zero attached hydrogens (tertiary/aromatic N) is 2.